The monoisotopic (exact) mass is 793 g/mol. The molecule has 0 heterocycles. The molecule has 2 atom stereocenters. The van der Waals surface area contributed by atoms with Crippen molar-refractivity contribution in [1.82, 2.24) is 0 Å². The molecule has 0 bridgehead atoms. The van der Waals surface area contributed by atoms with Gasteiger partial charge in [0.1, 0.15) is 19.3 Å². The van der Waals surface area contributed by atoms with Crippen LogP contribution >= 0.6 is 7.82 Å². The lowest BCUT2D eigenvalue weighted by atomic mass is 10.0. The predicted octanol–water partition coefficient (Wildman–Crippen LogP) is 12.7. The van der Waals surface area contributed by atoms with Crippen LogP contribution < -0.4 is 0 Å². The molecule has 55 heavy (non-hydrogen) atoms. The zero-order valence-electron chi connectivity index (χ0n) is 35.9. The van der Waals surface area contributed by atoms with Gasteiger partial charge < -0.3 is 18.9 Å². The van der Waals surface area contributed by atoms with Gasteiger partial charge in [-0.3, -0.25) is 9.05 Å². The average Bonchev–Trinajstić information content (AvgIpc) is 3.13. The van der Waals surface area contributed by atoms with Crippen LogP contribution in [0.5, 0.6) is 0 Å². The van der Waals surface area contributed by atoms with Crippen molar-refractivity contribution in [2.45, 2.75) is 161 Å². The van der Waals surface area contributed by atoms with Crippen LogP contribution in [-0.4, -0.2) is 75.6 Å². The molecule has 318 valence electrons. The van der Waals surface area contributed by atoms with Gasteiger partial charge in [-0.05, 0) is 19.3 Å². The molecule has 0 fully saturated rings. The average molecular weight is 793 g/mol. The highest BCUT2D eigenvalue weighted by atomic mass is 31.2. The predicted molar refractivity (Wildman–Crippen MR) is 233 cm³/mol. The van der Waals surface area contributed by atoms with Gasteiger partial charge in [-0.15, -0.1) is 0 Å². The molecular formula is C46H83NO7P+. The third-order valence-corrected chi connectivity index (χ3v) is 10.00. The number of likely N-dealkylation sites (N-methyl/N-ethyl adjacent to an activating group) is 1. The Morgan fingerprint density at radius 1 is 0.564 bits per heavy atom. The fourth-order valence-corrected chi connectivity index (χ4v) is 6.36. The largest absolute Gasteiger partial charge is 0.472 e. The third kappa shape index (κ3) is 42.9. The maximum absolute atomic E-state index is 12.6. The topological polar surface area (TPSA) is 91.3 Å². The van der Waals surface area contributed by atoms with E-state index in [4.69, 9.17) is 18.5 Å². The van der Waals surface area contributed by atoms with Crippen molar-refractivity contribution in [3.8, 4) is 0 Å². The first-order chi connectivity index (χ1) is 26.6. The molecule has 0 aromatic heterocycles. The second-order valence-corrected chi connectivity index (χ2v) is 17.0. The smallest absolute Gasteiger partial charge is 0.454 e. The van der Waals surface area contributed by atoms with Crippen LogP contribution in [0.15, 0.2) is 72.9 Å². The Bertz CT molecular complexity index is 1110. The van der Waals surface area contributed by atoms with Crippen LogP contribution in [0.25, 0.3) is 0 Å². The zero-order valence-corrected chi connectivity index (χ0v) is 36.8. The summed E-state index contributed by atoms with van der Waals surface area (Å²) in [5, 5.41) is 0. The third-order valence-electron chi connectivity index (χ3n) is 9.01. The van der Waals surface area contributed by atoms with Crippen molar-refractivity contribution >= 4 is 13.8 Å². The summed E-state index contributed by atoms with van der Waals surface area (Å²) in [7, 11) is 1.57. The van der Waals surface area contributed by atoms with Crippen LogP contribution in [0.4, 0.5) is 0 Å². The molecule has 1 N–H and O–H groups in total. The lowest BCUT2D eigenvalue weighted by molar-refractivity contribution is -0.870. The van der Waals surface area contributed by atoms with Crippen molar-refractivity contribution < 1.29 is 37.3 Å². The van der Waals surface area contributed by atoms with Crippen molar-refractivity contribution in [3.05, 3.63) is 72.9 Å². The summed E-state index contributed by atoms with van der Waals surface area (Å²) in [6.07, 6.45) is 50.1. The van der Waals surface area contributed by atoms with E-state index in [0.29, 0.717) is 17.6 Å². The Hall–Kier alpha value is -2.06. The first kappa shape index (κ1) is 52.9. The molecule has 0 aromatic rings. The van der Waals surface area contributed by atoms with Crippen LogP contribution in [0.1, 0.15) is 155 Å². The molecule has 0 radical (unpaired) electrons. The number of phosphoric ester groups is 1. The van der Waals surface area contributed by atoms with E-state index in [0.717, 1.165) is 19.3 Å². The Morgan fingerprint density at radius 2 is 1.00 bits per heavy atom. The Kier molecular flexibility index (Phi) is 37.3. The molecule has 0 spiro atoms. The standard InChI is InChI=1S/C46H82NO7P/c1-6-8-10-12-14-16-18-20-22-23-24-25-26-27-29-31-33-35-37-39-46(48)54-45(44-53-55(49,50)52-42-40-47(3,4)5)43-51-41-38-36-34-32-30-28-21-19-17-15-13-11-9-7-2/h22-27,29,31,33,35,37,39,45H,6-21,28,30,32,34,36,38,40-44H2,1-5H3/p+1/b23-22+,25-24+,27-26+,31-29+,35-33+,39-37+. The van der Waals surface area contributed by atoms with Gasteiger partial charge in [0.05, 0.1) is 34.4 Å². The number of hydrogen-bond acceptors (Lipinski definition) is 6. The number of carbonyl (C=O) groups excluding carboxylic acids is 1. The second kappa shape index (κ2) is 38.8. The van der Waals surface area contributed by atoms with Crippen molar-refractivity contribution in [2.24, 2.45) is 0 Å². The molecule has 0 aliphatic rings. The molecule has 8 nitrogen and oxygen atoms in total. The number of ether oxygens (including phenoxy) is 2. The van der Waals surface area contributed by atoms with Gasteiger partial charge in [-0.2, -0.15) is 0 Å². The highest BCUT2D eigenvalue weighted by Crippen LogP contribution is 2.43. The molecule has 0 aromatic carbocycles. The summed E-state index contributed by atoms with van der Waals surface area (Å²) in [4.78, 5) is 22.7. The second-order valence-electron chi connectivity index (χ2n) is 15.6. The lowest BCUT2D eigenvalue weighted by Crippen LogP contribution is -2.37. The van der Waals surface area contributed by atoms with Gasteiger partial charge in [0.25, 0.3) is 0 Å². The van der Waals surface area contributed by atoms with E-state index in [2.05, 4.69) is 26.0 Å². The number of carbonyl (C=O) groups is 1. The van der Waals surface area contributed by atoms with Crippen LogP contribution in [0.3, 0.4) is 0 Å². The lowest BCUT2D eigenvalue weighted by Gasteiger charge is -2.24. The number of phosphoric acid groups is 1. The maximum Gasteiger partial charge on any atom is 0.472 e. The van der Waals surface area contributed by atoms with E-state index in [1.165, 1.54) is 128 Å². The molecule has 9 heteroatoms. The molecule has 0 amide bonds. The number of esters is 1. The minimum atomic E-state index is -4.32. The molecule has 0 aliphatic heterocycles. The Balaban J connectivity index is 4.51. The van der Waals surface area contributed by atoms with Crippen molar-refractivity contribution in [2.75, 3.05) is 54.1 Å². The van der Waals surface area contributed by atoms with Gasteiger partial charge in [-0.1, -0.05) is 203 Å². The Morgan fingerprint density at radius 3 is 1.49 bits per heavy atom. The quantitative estimate of drug-likeness (QED) is 0.0165. The van der Waals surface area contributed by atoms with Crippen molar-refractivity contribution in [1.29, 1.82) is 0 Å². The van der Waals surface area contributed by atoms with Crippen molar-refractivity contribution in [3.63, 3.8) is 0 Å². The van der Waals surface area contributed by atoms with E-state index >= 15 is 0 Å². The SMILES string of the molecule is CCCCCCCCC/C=C/C=C/C=C/C=C/C=C/C=C/C(=O)OC(COCCCCCCCCCCCCCCCC)COP(=O)(O)OCC[N+](C)(C)C. The zero-order chi connectivity index (χ0) is 40.6. The molecule has 0 rings (SSSR count). The number of unbranched alkanes of at least 4 members (excludes halogenated alkanes) is 20. The van der Waals surface area contributed by atoms with E-state index in [-0.39, 0.29) is 19.8 Å². The minimum Gasteiger partial charge on any atom is -0.454 e. The van der Waals surface area contributed by atoms with E-state index in [9.17, 15) is 14.3 Å². The van der Waals surface area contributed by atoms with Crippen LogP contribution in [0.2, 0.25) is 0 Å². The highest BCUT2D eigenvalue weighted by molar-refractivity contribution is 7.47. The van der Waals surface area contributed by atoms with Crippen LogP contribution in [-0.2, 0) is 27.9 Å². The number of hydrogen-bond donors (Lipinski definition) is 1. The number of rotatable bonds is 39. The van der Waals surface area contributed by atoms with Gasteiger partial charge in [0.15, 0.2) is 0 Å². The summed E-state index contributed by atoms with van der Waals surface area (Å²) in [5.74, 6) is -0.592. The first-order valence-corrected chi connectivity index (χ1v) is 23.3. The van der Waals surface area contributed by atoms with E-state index in [1.807, 2.05) is 63.7 Å². The summed E-state index contributed by atoms with van der Waals surface area (Å²) < 4.78 is 34.7. The summed E-state index contributed by atoms with van der Waals surface area (Å²) in [6.45, 7) is 5.38. The normalized spacial score (nSPS) is 14.5. The fraction of sp³-hybridized carbons (Fsp3) is 0.717. The highest BCUT2D eigenvalue weighted by Gasteiger charge is 2.26. The van der Waals surface area contributed by atoms with Gasteiger partial charge in [0, 0.05) is 12.7 Å². The number of allylic oxidation sites excluding steroid dienone is 11. The minimum absolute atomic E-state index is 0.0596. The Labute approximate surface area is 338 Å². The summed E-state index contributed by atoms with van der Waals surface area (Å²) >= 11 is 0. The molecule has 0 aliphatic carbocycles. The molecular weight excluding hydrogens is 709 g/mol. The van der Waals surface area contributed by atoms with E-state index < -0.39 is 19.9 Å². The fourth-order valence-electron chi connectivity index (χ4n) is 5.62. The summed E-state index contributed by atoms with van der Waals surface area (Å²) in [6, 6.07) is 0. The van der Waals surface area contributed by atoms with Crippen LogP contribution in [0, 0.1) is 0 Å². The maximum atomic E-state index is 12.6. The molecule has 0 saturated carbocycles. The molecule has 0 saturated heterocycles. The number of quaternary nitrogens is 1. The van der Waals surface area contributed by atoms with Gasteiger partial charge in [0.2, 0.25) is 0 Å². The first-order valence-electron chi connectivity index (χ1n) is 21.8. The summed E-state index contributed by atoms with van der Waals surface area (Å²) in [5.41, 5.74) is 0. The van der Waals surface area contributed by atoms with Gasteiger partial charge >= 0.3 is 13.8 Å². The van der Waals surface area contributed by atoms with E-state index in [1.54, 1.807) is 12.2 Å². The molecule has 2 unspecified atom stereocenters. The van der Waals surface area contributed by atoms with Gasteiger partial charge in [-0.25, -0.2) is 9.36 Å². The number of nitrogens with zero attached hydrogens (tertiary/aromatic N) is 1.